The Morgan fingerprint density at radius 1 is 1.07 bits per heavy atom. The van der Waals surface area contributed by atoms with Crippen molar-refractivity contribution in [3.63, 3.8) is 0 Å². The zero-order valence-electron chi connectivity index (χ0n) is 25.4. The van der Waals surface area contributed by atoms with Crippen LogP contribution in [0, 0.1) is 0 Å². The van der Waals surface area contributed by atoms with Crippen LogP contribution in [0.2, 0.25) is 0 Å². The number of methoxy groups -OCH3 is 1. The summed E-state index contributed by atoms with van der Waals surface area (Å²) >= 11 is 0. The topological polar surface area (TPSA) is 229 Å². The van der Waals surface area contributed by atoms with Gasteiger partial charge in [0.1, 0.15) is 28.6 Å². The normalized spacial score (nSPS) is 26.9. The third-order valence-electron chi connectivity index (χ3n) is 8.71. The van der Waals surface area contributed by atoms with Crippen LogP contribution in [0.5, 0.6) is 17.2 Å². The number of esters is 1. The number of benzene rings is 2. The number of hydrogen-bond donors (Lipinski definition) is 5. The molecule has 2 aromatic carbocycles. The minimum atomic E-state index is -2.36. The van der Waals surface area contributed by atoms with Crippen molar-refractivity contribution in [3.8, 4) is 17.2 Å². The molecule has 246 valence electrons. The zero-order valence-corrected chi connectivity index (χ0v) is 25.4. The number of hydrogen-bond acceptors (Lipinski definition) is 14. The van der Waals surface area contributed by atoms with Crippen molar-refractivity contribution in [1.29, 1.82) is 0 Å². The first-order chi connectivity index (χ1) is 21.7. The summed E-state index contributed by atoms with van der Waals surface area (Å²) in [7, 11) is 1.31. The van der Waals surface area contributed by atoms with Gasteiger partial charge in [0.15, 0.2) is 18.7 Å². The van der Waals surface area contributed by atoms with Gasteiger partial charge in [-0.15, -0.1) is 0 Å². The molecule has 14 heteroatoms. The Hall–Kier alpha value is -4.21. The van der Waals surface area contributed by atoms with E-state index in [2.05, 4.69) is 0 Å². The summed E-state index contributed by atoms with van der Waals surface area (Å²) in [6.07, 6.45) is -5.95. The Morgan fingerprint density at radius 3 is 2.41 bits per heavy atom. The molecule has 6 N–H and O–H groups in total. The third-order valence-corrected chi connectivity index (χ3v) is 8.71. The maximum atomic E-state index is 13.8. The van der Waals surface area contributed by atoms with Gasteiger partial charge in [-0.25, -0.2) is 0 Å². The maximum absolute atomic E-state index is 13.8. The van der Waals surface area contributed by atoms with Crippen molar-refractivity contribution in [2.75, 3.05) is 13.7 Å². The molecule has 6 atom stereocenters. The lowest BCUT2D eigenvalue weighted by Crippen LogP contribution is -2.53. The molecule has 5 rings (SSSR count). The number of phenols is 2. The molecule has 0 spiro atoms. The van der Waals surface area contributed by atoms with E-state index in [9.17, 15) is 44.4 Å². The van der Waals surface area contributed by atoms with Gasteiger partial charge in [-0.3, -0.25) is 19.2 Å². The van der Waals surface area contributed by atoms with Crippen molar-refractivity contribution < 1.29 is 63.3 Å². The van der Waals surface area contributed by atoms with Crippen LogP contribution in [0.1, 0.15) is 88.6 Å². The predicted molar refractivity (Wildman–Crippen MR) is 156 cm³/mol. The second-order valence-corrected chi connectivity index (χ2v) is 11.9. The van der Waals surface area contributed by atoms with Gasteiger partial charge in [0.2, 0.25) is 11.6 Å². The number of aliphatic hydroxyl groups is 2. The molecule has 1 saturated heterocycles. The van der Waals surface area contributed by atoms with Crippen LogP contribution in [-0.2, 0) is 35.0 Å². The van der Waals surface area contributed by atoms with Gasteiger partial charge in [0, 0.05) is 48.4 Å². The Bertz CT molecular complexity index is 1620. The van der Waals surface area contributed by atoms with Crippen LogP contribution in [0.25, 0.3) is 0 Å². The number of rotatable bonds is 9. The molecule has 4 unspecified atom stereocenters. The first kappa shape index (κ1) is 33.2. The summed E-state index contributed by atoms with van der Waals surface area (Å²) in [6, 6.07) is 3.53. The van der Waals surface area contributed by atoms with E-state index in [0.29, 0.717) is 0 Å². The van der Waals surface area contributed by atoms with Gasteiger partial charge >= 0.3 is 5.97 Å². The molecule has 2 aromatic rings. The van der Waals surface area contributed by atoms with Crippen LogP contribution in [0.4, 0.5) is 0 Å². The maximum Gasteiger partial charge on any atom is 0.306 e. The van der Waals surface area contributed by atoms with Crippen LogP contribution in [-0.4, -0.2) is 93.4 Å². The molecule has 2 aliphatic carbocycles. The van der Waals surface area contributed by atoms with E-state index in [1.807, 2.05) is 0 Å². The number of ketones is 4. The fraction of sp³-hybridized carbons (Fsp3) is 0.469. The van der Waals surface area contributed by atoms with Crippen molar-refractivity contribution in [3.05, 3.63) is 51.6 Å². The molecule has 3 aliphatic rings. The number of aliphatic hydroxyl groups excluding tert-OH is 1. The fourth-order valence-corrected chi connectivity index (χ4v) is 6.23. The second kappa shape index (κ2) is 12.5. The van der Waals surface area contributed by atoms with E-state index in [-0.39, 0.29) is 53.0 Å². The van der Waals surface area contributed by atoms with Gasteiger partial charge < -0.3 is 49.9 Å². The van der Waals surface area contributed by atoms with Gasteiger partial charge in [0.25, 0.3) is 0 Å². The number of carbonyl (C=O) groups excluding carboxylic acids is 5. The SMILES string of the molecule is COc1cccc2c1C(=O)c1c(O)c3c(c(O)c1C2=O)C[C@@](O)(C(=O)COC(=O)CCC(C)=O)C[C@@H]3OC1CC(N)C(O)C(C)O1. The van der Waals surface area contributed by atoms with E-state index in [0.717, 1.165) is 0 Å². The number of Topliss-reactive ketones (excluding diaryl/α,β-unsaturated/α-hetero) is 2. The van der Waals surface area contributed by atoms with Gasteiger partial charge in [-0.05, 0) is 19.9 Å². The summed E-state index contributed by atoms with van der Waals surface area (Å²) in [5.74, 6) is -5.09. The summed E-state index contributed by atoms with van der Waals surface area (Å²) < 4.78 is 22.1. The molecule has 46 heavy (non-hydrogen) atoms. The summed E-state index contributed by atoms with van der Waals surface area (Å²) in [5, 5.41) is 45.1. The van der Waals surface area contributed by atoms with Gasteiger partial charge in [-0.1, -0.05) is 12.1 Å². The van der Waals surface area contributed by atoms with E-state index < -0.39 is 102 Å². The third kappa shape index (κ3) is 5.78. The lowest BCUT2D eigenvalue weighted by atomic mass is 9.72. The smallest absolute Gasteiger partial charge is 0.306 e. The van der Waals surface area contributed by atoms with Crippen molar-refractivity contribution in [2.45, 2.75) is 82.2 Å². The Kier molecular flexibility index (Phi) is 9.03. The largest absolute Gasteiger partial charge is 0.507 e. The quantitative estimate of drug-likeness (QED) is 0.162. The molecule has 1 aliphatic heterocycles. The lowest BCUT2D eigenvalue weighted by Gasteiger charge is -2.42. The molecule has 1 fully saturated rings. The molecule has 0 bridgehead atoms. The minimum absolute atomic E-state index is 0.0306. The van der Waals surface area contributed by atoms with Gasteiger partial charge in [-0.2, -0.15) is 0 Å². The molecule has 1 heterocycles. The van der Waals surface area contributed by atoms with Crippen LogP contribution >= 0.6 is 0 Å². The Balaban J connectivity index is 1.58. The molecule has 0 radical (unpaired) electrons. The number of nitrogens with two attached hydrogens (primary N) is 1. The monoisotopic (exact) mass is 641 g/mol. The number of carbonyl (C=O) groups is 5. The summed E-state index contributed by atoms with van der Waals surface area (Å²) in [6.45, 7) is 1.97. The summed E-state index contributed by atoms with van der Waals surface area (Å²) in [5.41, 5.74) is 2.05. The molecule has 0 aromatic heterocycles. The van der Waals surface area contributed by atoms with Crippen LogP contribution in [0.3, 0.4) is 0 Å². The lowest BCUT2D eigenvalue weighted by molar-refractivity contribution is -0.247. The minimum Gasteiger partial charge on any atom is -0.507 e. The highest BCUT2D eigenvalue weighted by Gasteiger charge is 2.50. The highest BCUT2D eigenvalue weighted by Crippen LogP contribution is 2.52. The van der Waals surface area contributed by atoms with E-state index in [4.69, 9.17) is 24.7 Å². The Labute approximate surface area is 263 Å². The average molecular weight is 642 g/mol. The highest BCUT2D eigenvalue weighted by atomic mass is 16.7. The fourth-order valence-electron chi connectivity index (χ4n) is 6.23. The van der Waals surface area contributed by atoms with Crippen molar-refractivity contribution in [1.82, 2.24) is 0 Å². The number of phenolic OH excluding ortho intramolecular Hbond substituents is 2. The molecule has 14 nitrogen and oxygen atoms in total. The Morgan fingerprint density at radius 2 is 1.76 bits per heavy atom. The number of fused-ring (bicyclic) bond motifs is 3. The van der Waals surface area contributed by atoms with Crippen molar-refractivity contribution >= 4 is 29.1 Å². The molecule has 0 amide bonds. The van der Waals surface area contributed by atoms with Gasteiger partial charge in [0.05, 0.1) is 48.5 Å². The predicted octanol–water partition coefficient (Wildman–Crippen LogP) is 0.921. The molecular weight excluding hydrogens is 606 g/mol. The highest BCUT2D eigenvalue weighted by molar-refractivity contribution is 6.31. The molecular formula is C32H35NO13. The second-order valence-electron chi connectivity index (χ2n) is 11.9. The van der Waals surface area contributed by atoms with Crippen molar-refractivity contribution in [2.24, 2.45) is 5.73 Å². The van der Waals surface area contributed by atoms with Crippen LogP contribution in [0.15, 0.2) is 18.2 Å². The molecule has 0 saturated carbocycles. The first-order valence-corrected chi connectivity index (χ1v) is 14.7. The van der Waals surface area contributed by atoms with E-state index >= 15 is 0 Å². The standard InChI is InChI=1S/C32H35NO13/c1-13(34)7-8-21(36)44-12-20(35)32(42)10-16-24(19(11-32)46-22-9-17(33)27(37)14(2)45-22)31(41)26-25(29(16)39)28(38)15-5-4-6-18(43-3)23(15)30(26)40/h4-6,14,17,19,22,27,37,39,41-42H,7-12,33H2,1-3H3/t14?,17?,19-,22?,27?,32-/m0/s1. The van der Waals surface area contributed by atoms with E-state index in [1.54, 1.807) is 6.92 Å². The summed E-state index contributed by atoms with van der Waals surface area (Å²) in [4.78, 5) is 64.2. The first-order valence-electron chi connectivity index (χ1n) is 14.7. The van der Waals surface area contributed by atoms with Crippen LogP contribution < -0.4 is 10.5 Å². The van der Waals surface area contributed by atoms with E-state index in [1.165, 1.54) is 32.2 Å². The number of aromatic hydroxyl groups is 2. The zero-order chi connectivity index (χ0) is 33.7. The average Bonchev–Trinajstić information content (AvgIpc) is 3.01. The number of ether oxygens (including phenoxy) is 4.